The third kappa shape index (κ3) is 1.85. The van der Waals surface area contributed by atoms with Gasteiger partial charge in [0.25, 0.3) is 0 Å². The number of piperidine rings is 1. The Balaban J connectivity index is 2.52. The number of rotatable bonds is 2. The minimum atomic E-state index is -0.0819. The SMILES string of the molecule is C#CCCN1C(=O)CCCC1=O. The van der Waals surface area contributed by atoms with E-state index in [0.717, 1.165) is 0 Å². The Bertz CT molecular complexity index is 223. The lowest BCUT2D eigenvalue weighted by Crippen LogP contribution is -2.40. The van der Waals surface area contributed by atoms with Gasteiger partial charge in [-0.3, -0.25) is 14.5 Å². The second-order valence-electron chi connectivity index (χ2n) is 2.75. The summed E-state index contributed by atoms with van der Waals surface area (Å²) in [6, 6.07) is 0. The number of hydrogen-bond donors (Lipinski definition) is 0. The quantitative estimate of drug-likeness (QED) is 0.442. The van der Waals surface area contributed by atoms with Crippen molar-refractivity contribution in [2.45, 2.75) is 25.7 Å². The van der Waals surface area contributed by atoms with Gasteiger partial charge in [-0.25, -0.2) is 0 Å². The van der Waals surface area contributed by atoms with E-state index >= 15 is 0 Å². The molecule has 0 aromatic rings. The van der Waals surface area contributed by atoms with Crippen molar-refractivity contribution in [3.8, 4) is 12.3 Å². The van der Waals surface area contributed by atoms with E-state index in [4.69, 9.17) is 6.42 Å². The fourth-order valence-electron chi connectivity index (χ4n) is 1.23. The highest BCUT2D eigenvalue weighted by Crippen LogP contribution is 2.11. The van der Waals surface area contributed by atoms with Crippen LogP contribution in [-0.4, -0.2) is 23.3 Å². The van der Waals surface area contributed by atoms with Crippen LogP contribution in [0.3, 0.4) is 0 Å². The summed E-state index contributed by atoms with van der Waals surface area (Å²) in [6.45, 7) is 0.383. The minimum Gasteiger partial charge on any atom is -0.282 e. The smallest absolute Gasteiger partial charge is 0.229 e. The van der Waals surface area contributed by atoms with Crippen LogP contribution in [0.1, 0.15) is 25.7 Å². The summed E-state index contributed by atoms with van der Waals surface area (Å²) in [6.07, 6.45) is 7.14. The number of nitrogens with zero attached hydrogens (tertiary/aromatic N) is 1. The predicted octanol–water partition coefficient (Wildman–Crippen LogP) is 0.549. The molecule has 1 rings (SSSR count). The van der Waals surface area contributed by atoms with Gasteiger partial charge in [0.15, 0.2) is 0 Å². The first-order chi connectivity index (χ1) is 5.75. The standard InChI is InChI=1S/C9H11NO2/c1-2-3-7-10-8(11)5-4-6-9(10)12/h1H,3-7H2. The first-order valence-corrected chi connectivity index (χ1v) is 4.02. The highest BCUT2D eigenvalue weighted by atomic mass is 16.2. The zero-order chi connectivity index (χ0) is 8.97. The molecule has 0 aromatic carbocycles. The first kappa shape index (κ1) is 8.79. The van der Waals surface area contributed by atoms with Crippen molar-refractivity contribution in [1.82, 2.24) is 4.90 Å². The van der Waals surface area contributed by atoms with Crippen LogP contribution in [0.2, 0.25) is 0 Å². The van der Waals surface area contributed by atoms with E-state index in [1.54, 1.807) is 0 Å². The molecular formula is C9H11NO2. The molecule has 2 amide bonds. The van der Waals surface area contributed by atoms with Crippen molar-refractivity contribution in [2.75, 3.05) is 6.54 Å². The number of hydrogen-bond acceptors (Lipinski definition) is 2. The molecule has 3 nitrogen and oxygen atoms in total. The van der Waals surface area contributed by atoms with Crippen molar-refractivity contribution in [1.29, 1.82) is 0 Å². The van der Waals surface area contributed by atoms with Crippen molar-refractivity contribution >= 4 is 11.8 Å². The van der Waals surface area contributed by atoms with Crippen LogP contribution >= 0.6 is 0 Å². The van der Waals surface area contributed by atoms with Crippen LogP contribution in [-0.2, 0) is 9.59 Å². The molecule has 0 saturated carbocycles. The van der Waals surface area contributed by atoms with Gasteiger partial charge in [-0.1, -0.05) is 0 Å². The maximum atomic E-state index is 11.1. The van der Waals surface area contributed by atoms with Crippen LogP contribution in [0.15, 0.2) is 0 Å². The Morgan fingerprint density at radius 1 is 1.33 bits per heavy atom. The second kappa shape index (κ2) is 3.91. The first-order valence-electron chi connectivity index (χ1n) is 4.02. The molecule has 1 aliphatic rings. The number of imide groups is 1. The number of carbonyl (C=O) groups excluding carboxylic acids is 2. The number of amides is 2. The molecule has 0 aliphatic carbocycles. The molecule has 1 fully saturated rings. The Morgan fingerprint density at radius 2 is 1.92 bits per heavy atom. The largest absolute Gasteiger partial charge is 0.282 e. The molecule has 1 heterocycles. The molecule has 1 aliphatic heterocycles. The van der Waals surface area contributed by atoms with E-state index in [9.17, 15) is 9.59 Å². The van der Waals surface area contributed by atoms with Crippen molar-refractivity contribution in [2.24, 2.45) is 0 Å². The summed E-state index contributed by atoms with van der Waals surface area (Å²) in [5.41, 5.74) is 0. The Kier molecular flexibility index (Phi) is 2.87. The van der Waals surface area contributed by atoms with Crippen LogP contribution < -0.4 is 0 Å². The molecule has 0 aromatic heterocycles. The van der Waals surface area contributed by atoms with Crippen LogP contribution in [0.5, 0.6) is 0 Å². The van der Waals surface area contributed by atoms with E-state index in [0.29, 0.717) is 32.2 Å². The third-order valence-electron chi connectivity index (χ3n) is 1.86. The molecule has 0 spiro atoms. The normalized spacial score (nSPS) is 17.8. The lowest BCUT2D eigenvalue weighted by molar-refractivity contribution is -0.147. The van der Waals surface area contributed by atoms with Gasteiger partial charge in [0, 0.05) is 25.8 Å². The Morgan fingerprint density at radius 3 is 2.42 bits per heavy atom. The Hall–Kier alpha value is -1.30. The van der Waals surface area contributed by atoms with Gasteiger partial charge in [0.1, 0.15) is 0 Å². The highest BCUT2D eigenvalue weighted by Gasteiger charge is 2.24. The van der Waals surface area contributed by atoms with Gasteiger partial charge < -0.3 is 0 Å². The fraction of sp³-hybridized carbons (Fsp3) is 0.556. The monoisotopic (exact) mass is 165 g/mol. The molecule has 1 saturated heterocycles. The topological polar surface area (TPSA) is 37.4 Å². The average Bonchev–Trinajstić information content (AvgIpc) is 2.04. The predicted molar refractivity (Wildman–Crippen MR) is 44.0 cm³/mol. The zero-order valence-corrected chi connectivity index (χ0v) is 6.88. The van der Waals surface area contributed by atoms with Crippen molar-refractivity contribution < 1.29 is 9.59 Å². The summed E-state index contributed by atoms with van der Waals surface area (Å²) in [5, 5.41) is 0. The average molecular weight is 165 g/mol. The lowest BCUT2D eigenvalue weighted by atomic mass is 10.1. The Labute approximate surface area is 71.7 Å². The highest BCUT2D eigenvalue weighted by molar-refractivity contribution is 5.97. The molecule has 0 atom stereocenters. The van der Waals surface area contributed by atoms with Gasteiger partial charge in [0.05, 0.1) is 0 Å². The summed E-state index contributed by atoms with van der Waals surface area (Å²) in [7, 11) is 0. The third-order valence-corrected chi connectivity index (χ3v) is 1.86. The summed E-state index contributed by atoms with van der Waals surface area (Å²) in [5.74, 6) is 2.25. The minimum absolute atomic E-state index is 0.0819. The van der Waals surface area contributed by atoms with Gasteiger partial charge >= 0.3 is 0 Å². The molecule has 64 valence electrons. The maximum Gasteiger partial charge on any atom is 0.229 e. The van der Waals surface area contributed by atoms with Gasteiger partial charge in [-0.05, 0) is 6.42 Å². The molecule has 0 radical (unpaired) electrons. The van der Waals surface area contributed by atoms with Gasteiger partial charge in [-0.15, -0.1) is 12.3 Å². The van der Waals surface area contributed by atoms with E-state index < -0.39 is 0 Å². The molecule has 12 heavy (non-hydrogen) atoms. The molecule has 3 heteroatoms. The van der Waals surface area contributed by atoms with Crippen molar-refractivity contribution in [3.05, 3.63) is 0 Å². The zero-order valence-electron chi connectivity index (χ0n) is 6.88. The van der Waals surface area contributed by atoms with Crippen LogP contribution in [0.25, 0.3) is 0 Å². The maximum absolute atomic E-state index is 11.1. The van der Waals surface area contributed by atoms with Crippen LogP contribution in [0, 0.1) is 12.3 Å². The number of terminal acetylenes is 1. The molecule has 0 bridgehead atoms. The summed E-state index contributed by atoms with van der Waals surface area (Å²) in [4.78, 5) is 23.6. The fourth-order valence-corrected chi connectivity index (χ4v) is 1.23. The van der Waals surface area contributed by atoms with E-state index in [2.05, 4.69) is 5.92 Å². The van der Waals surface area contributed by atoms with E-state index in [1.807, 2.05) is 0 Å². The second-order valence-corrected chi connectivity index (χ2v) is 2.75. The number of likely N-dealkylation sites (tertiary alicyclic amines) is 1. The summed E-state index contributed by atoms with van der Waals surface area (Å²) >= 11 is 0. The molecule has 0 unspecified atom stereocenters. The summed E-state index contributed by atoms with van der Waals surface area (Å²) < 4.78 is 0. The van der Waals surface area contributed by atoms with E-state index in [-0.39, 0.29) is 11.8 Å². The van der Waals surface area contributed by atoms with Crippen LogP contribution in [0.4, 0.5) is 0 Å². The van der Waals surface area contributed by atoms with Gasteiger partial charge in [0.2, 0.25) is 11.8 Å². The van der Waals surface area contributed by atoms with Crippen molar-refractivity contribution in [3.63, 3.8) is 0 Å². The number of carbonyl (C=O) groups is 2. The van der Waals surface area contributed by atoms with Gasteiger partial charge in [-0.2, -0.15) is 0 Å². The lowest BCUT2D eigenvalue weighted by Gasteiger charge is -2.23. The molecular weight excluding hydrogens is 154 g/mol. The molecule has 0 N–H and O–H groups in total. The van der Waals surface area contributed by atoms with E-state index in [1.165, 1.54) is 4.90 Å².